The van der Waals surface area contributed by atoms with Crippen LogP contribution >= 0.6 is 34.0 Å². The van der Waals surface area contributed by atoms with Crippen LogP contribution in [0, 0.1) is 12.8 Å². The van der Waals surface area contributed by atoms with Crippen molar-refractivity contribution in [2.45, 2.75) is 57.3 Å². The molecular formula is C25H34Br2N2O2. The van der Waals surface area contributed by atoms with Crippen molar-refractivity contribution in [3.05, 3.63) is 64.2 Å². The van der Waals surface area contributed by atoms with Gasteiger partial charge >= 0.3 is 0 Å². The predicted octanol–water partition coefficient (Wildman–Crippen LogP) is 4.68. The van der Waals surface area contributed by atoms with Gasteiger partial charge in [-0.1, -0.05) is 36.4 Å². The van der Waals surface area contributed by atoms with Crippen LogP contribution in [0.15, 0.2) is 36.4 Å². The fourth-order valence-electron chi connectivity index (χ4n) is 5.73. The first-order valence-electron chi connectivity index (χ1n) is 11.1. The number of hydrogen-bond donors (Lipinski definition) is 2. The molecule has 0 unspecified atom stereocenters. The highest BCUT2D eigenvalue weighted by Gasteiger charge is 2.37. The molecule has 2 aromatic rings. The second kappa shape index (κ2) is 10.3. The van der Waals surface area contributed by atoms with E-state index in [2.05, 4.69) is 35.2 Å². The van der Waals surface area contributed by atoms with Gasteiger partial charge in [0.25, 0.3) is 0 Å². The van der Waals surface area contributed by atoms with Crippen LogP contribution in [0.3, 0.4) is 0 Å². The van der Waals surface area contributed by atoms with Crippen LogP contribution in [-0.4, -0.2) is 41.8 Å². The van der Waals surface area contributed by atoms with Gasteiger partial charge in [-0.05, 0) is 73.9 Å². The number of phenols is 1. The molecule has 0 bridgehead atoms. The lowest BCUT2D eigenvalue weighted by molar-refractivity contribution is -0.0667. The summed E-state index contributed by atoms with van der Waals surface area (Å²) in [6.07, 6.45) is 5.57. The number of halogens is 2. The molecule has 2 atom stereocenters. The molecule has 2 heterocycles. The Morgan fingerprint density at radius 3 is 2.26 bits per heavy atom. The van der Waals surface area contributed by atoms with Crippen LogP contribution in [0.4, 0.5) is 0 Å². The number of piperidine rings is 1. The lowest BCUT2D eigenvalue weighted by atomic mass is 9.82. The Morgan fingerprint density at radius 2 is 1.65 bits per heavy atom. The molecule has 2 aromatic carbocycles. The van der Waals surface area contributed by atoms with E-state index in [-0.39, 0.29) is 46.2 Å². The molecule has 0 spiro atoms. The van der Waals surface area contributed by atoms with Crippen LogP contribution in [0.25, 0.3) is 0 Å². The average Bonchev–Trinajstić information content (AvgIpc) is 3.20. The molecular weight excluding hydrogens is 520 g/mol. The summed E-state index contributed by atoms with van der Waals surface area (Å²) < 4.78 is 6.45. The maximum atomic E-state index is 10.6. The van der Waals surface area contributed by atoms with Gasteiger partial charge in [-0.25, -0.2) is 0 Å². The maximum absolute atomic E-state index is 10.6. The molecule has 0 amide bonds. The fraction of sp³-hybridized carbons (Fsp3) is 0.520. The Balaban J connectivity index is 0.00000136. The molecule has 170 valence electrons. The molecule has 4 nitrogen and oxygen atoms in total. The highest BCUT2D eigenvalue weighted by molar-refractivity contribution is 8.93. The minimum atomic E-state index is -0.0994. The van der Waals surface area contributed by atoms with Crippen molar-refractivity contribution in [2.75, 3.05) is 19.6 Å². The summed E-state index contributed by atoms with van der Waals surface area (Å²) in [4.78, 5) is 2.69. The van der Waals surface area contributed by atoms with Crippen LogP contribution in [-0.2, 0) is 24.0 Å². The van der Waals surface area contributed by atoms with E-state index in [4.69, 9.17) is 10.5 Å². The zero-order valence-electron chi connectivity index (χ0n) is 18.1. The van der Waals surface area contributed by atoms with E-state index >= 15 is 0 Å². The normalized spacial score (nSPS) is 24.1. The van der Waals surface area contributed by atoms with Crippen molar-refractivity contribution < 1.29 is 9.84 Å². The smallest absolute Gasteiger partial charge is 0.122 e. The van der Waals surface area contributed by atoms with Gasteiger partial charge in [-0.3, -0.25) is 4.90 Å². The van der Waals surface area contributed by atoms with Crippen LogP contribution in [0.2, 0.25) is 0 Å². The Hall–Kier alpha value is -0.920. The average molecular weight is 554 g/mol. The third-order valence-corrected chi connectivity index (χ3v) is 7.47. The number of aromatic hydroxyl groups is 1. The molecule has 3 N–H and O–H groups in total. The molecule has 31 heavy (non-hydrogen) atoms. The number of fused-ring (bicyclic) bond motifs is 2. The summed E-state index contributed by atoms with van der Waals surface area (Å²) in [6, 6.07) is 13.6. The largest absolute Gasteiger partial charge is 0.507 e. The number of hydrogen-bond acceptors (Lipinski definition) is 4. The summed E-state index contributed by atoms with van der Waals surface area (Å²) in [5.41, 5.74) is 12.2. The van der Waals surface area contributed by atoms with E-state index in [0.29, 0.717) is 24.3 Å². The fourth-order valence-corrected chi connectivity index (χ4v) is 5.73. The van der Waals surface area contributed by atoms with E-state index in [1.807, 2.05) is 13.0 Å². The number of aryl methyl sites for hydroxylation is 1. The standard InChI is InChI=1S/C25H32N2O2.2BrH/c1-16-6-7-21-22(25(16)28)14-23(29-24(21)15-26)17-8-10-27(11-9-17)20-12-18-4-2-3-5-19(18)13-20;;/h2-7,17,20,23-24,28H,8-15,26H2,1H3;2*1H/t23-,24-;;/m0../s1. The van der Waals surface area contributed by atoms with Gasteiger partial charge in [0.15, 0.2) is 0 Å². The first-order chi connectivity index (χ1) is 14.1. The van der Waals surface area contributed by atoms with Crippen molar-refractivity contribution in [3.8, 4) is 5.75 Å². The molecule has 6 heteroatoms. The van der Waals surface area contributed by atoms with E-state index in [9.17, 15) is 5.11 Å². The zero-order chi connectivity index (χ0) is 20.0. The van der Waals surface area contributed by atoms with E-state index in [0.717, 1.165) is 49.0 Å². The van der Waals surface area contributed by atoms with Gasteiger partial charge in [0.1, 0.15) is 5.75 Å². The molecule has 1 saturated heterocycles. The summed E-state index contributed by atoms with van der Waals surface area (Å²) in [5.74, 6) is 0.979. The minimum Gasteiger partial charge on any atom is -0.507 e. The predicted molar refractivity (Wildman–Crippen MR) is 136 cm³/mol. The summed E-state index contributed by atoms with van der Waals surface area (Å²) in [7, 11) is 0. The van der Waals surface area contributed by atoms with Crippen LogP contribution < -0.4 is 5.73 Å². The second-order valence-electron chi connectivity index (χ2n) is 9.11. The van der Waals surface area contributed by atoms with Gasteiger partial charge in [0.05, 0.1) is 12.2 Å². The van der Waals surface area contributed by atoms with E-state index in [1.165, 1.54) is 24.0 Å². The maximum Gasteiger partial charge on any atom is 0.122 e. The molecule has 1 fully saturated rings. The molecule has 2 aliphatic heterocycles. The van der Waals surface area contributed by atoms with Gasteiger partial charge < -0.3 is 15.6 Å². The van der Waals surface area contributed by atoms with E-state index < -0.39 is 0 Å². The molecule has 3 aliphatic rings. The monoisotopic (exact) mass is 552 g/mol. The lowest BCUT2D eigenvalue weighted by Crippen LogP contribution is -2.46. The molecule has 5 rings (SSSR count). The van der Waals surface area contributed by atoms with Crippen molar-refractivity contribution >= 4 is 34.0 Å². The molecule has 0 saturated carbocycles. The van der Waals surface area contributed by atoms with Crippen molar-refractivity contribution in [1.82, 2.24) is 4.90 Å². The van der Waals surface area contributed by atoms with E-state index in [1.54, 1.807) is 0 Å². The van der Waals surface area contributed by atoms with Crippen LogP contribution in [0.5, 0.6) is 5.75 Å². The van der Waals surface area contributed by atoms with Gasteiger partial charge in [0, 0.05) is 24.6 Å². The Kier molecular flexibility index (Phi) is 8.25. The van der Waals surface area contributed by atoms with Gasteiger partial charge in [-0.2, -0.15) is 0 Å². The Bertz CT molecular complexity index is 874. The zero-order valence-corrected chi connectivity index (χ0v) is 21.6. The third kappa shape index (κ3) is 4.74. The first-order valence-corrected chi connectivity index (χ1v) is 11.1. The summed E-state index contributed by atoms with van der Waals surface area (Å²) in [6.45, 7) is 4.72. The number of nitrogens with zero attached hydrogens (tertiary/aromatic N) is 1. The number of ether oxygens (including phenoxy) is 1. The highest BCUT2D eigenvalue weighted by Crippen LogP contribution is 2.40. The SMILES string of the molecule is Br.Br.Cc1ccc2c(c1O)C[C@@H](C1CCN(C3Cc4ccccc4C3)CC1)O[C@H]2CN. The summed E-state index contributed by atoms with van der Waals surface area (Å²) in [5, 5.41) is 10.6. The highest BCUT2D eigenvalue weighted by atomic mass is 79.9. The number of nitrogens with two attached hydrogens (primary N) is 1. The number of phenolic OH excluding ortho intramolecular Hbond substituents is 1. The number of benzene rings is 2. The number of rotatable bonds is 3. The molecule has 1 aliphatic carbocycles. The molecule has 0 aromatic heterocycles. The summed E-state index contributed by atoms with van der Waals surface area (Å²) >= 11 is 0. The van der Waals surface area contributed by atoms with Crippen molar-refractivity contribution in [2.24, 2.45) is 11.7 Å². The quantitative estimate of drug-likeness (QED) is 0.579. The second-order valence-corrected chi connectivity index (χ2v) is 9.11. The topological polar surface area (TPSA) is 58.7 Å². The first kappa shape index (κ1) is 24.7. The number of likely N-dealkylation sites (tertiary alicyclic amines) is 1. The van der Waals surface area contributed by atoms with Crippen LogP contribution in [0.1, 0.15) is 46.8 Å². The molecule has 0 radical (unpaired) electrons. The Morgan fingerprint density at radius 1 is 1.00 bits per heavy atom. The Labute approximate surface area is 206 Å². The van der Waals surface area contributed by atoms with Gasteiger partial charge in [-0.15, -0.1) is 34.0 Å². The lowest BCUT2D eigenvalue weighted by Gasteiger charge is -2.42. The minimum absolute atomic E-state index is 0. The van der Waals surface area contributed by atoms with Gasteiger partial charge in [0.2, 0.25) is 0 Å². The third-order valence-electron chi connectivity index (χ3n) is 7.47. The van der Waals surface area contributed by atoms with Crippen molar-refractivity contribution in [1.29, 1.82) is 0 Å². The van der Waals surface area contributed by atoms with Crippen molar-refractivity contribution in [3.63, 3.8) is 0 Å².